The molecule has 2 aromatic carbocycles. The van der Waals surface area contributed by atoms with Crippen molar-refractivity contribution in [3.63, 3.8) is 0 Å². The number of aromatic nitrogens is 4. The Hall–Kier alpha value is -2.76. The number of nitrogens with zero attached hydrogens (tertiary/aromatic N) is 4. The molecule has 0 fully saturated rings. The van der Waals surface area contributed by atoms with Crippen LogP contribution in [0.5, 0.6) is 0 Å². The molecule has 1 heterocycles. The lowest BCUT2D eigenvalue weighted by Crippen LogP contribution is -2.13. The molecule has 0 saturated carbocycles. The van der Waals surface area contributed by atoms with Crippen molar-refractivity contribution in [2.75, 3.05) is 5.32 Å². The summed E-state index contributed by atoms with van der Waals surface area (Å²) in [5.41, 5.74) is 0.597. The SMILES string of the molecule is CCCn1nnc(NC(=O)c2cccc3ccccc23)n1. The van der Waals surface area contributed by atoms with E-state index in [0.29, 0.717) is 12.1 Å². The molecule has 1 aromatic heterocycles. The van der Waals surface area contributed by atoms with Gasteiger partial charge in [0.2, 0.25) is 0 Å². The van der Waals surface area contributed by atoms with Crippen molar-refractivity contribution >= 4 is 22.6 Å². The first-order valence-corrected chi connectivity index (χ1v) is 6.85. The fourth-order valence-corrected chi connectivity index (χ4v) is 2.18. The highest BCUT2D eigenvalue weighted by atomic mass is 16.1. The van der Waals surface area contributed by atoms with Gasteiger partial charge in [-0.2, -0.15) is 4.80 Å². The molecule has 0 radical (unpaired) electrons. The Morgan fingerprint density at radius 1 is 1.19 bits per heavy atom. The second-order valence-corrected chi connectivity index (χ2v) is 4.69. The average molecular weight is 281 g/mol. The number of carbonyl (C=O) groups excluding carboxylic acids is 1. The molecule has 1 N–H and O–H groups in total. The van der Waals surface area contributed by atoms with E-state index in [1.807, 2.05) is 43.3 Å². The highest BCUT2D eigenvalue weighted by molar-refractivity contribution is 6.12. The molecule has 106 valence electrons. The number of tetrazole rings is 1. The van der Waals surface area contributed by atoms with Gasteiger partial charge in [-0.1, -0.05) is 48.4 Å². The van der Waals surface area contributed by atoms with Gasteiger partial charge in [-0.15, -0.1) is 5.10 Å². The maximum atomic E-state index is 12.4. The molecule has 0 atom stereocenters. The zero-order valence-corrected chi connectivity index (χ0v) is 11.7. The highest BCUT2D eigenvalue weighted by Crippen LogP contribution is 2.19. The standard InChI is InChI=1S/C15H15N5O/c1-2-10-20-18-15(17-19-20)16-14(21)13-9-5-7-11-6-3-4-8-12(11)13/h3-9H,2,10H2,1H3,(H,16,18,21). The molecular formula is C15H15N5O. The Bertz CT molecular complexity index is 775. The van der Waals surface area contributed by atoms with E-state index < -0.39 is 0 Å². The van der Waals surface area contributed by atoms with Crippen molar-refractivity contribution in [2.45, 2.75) is 19.9 Å². The normalized spacial score (nSPS) is 10.7. The minimum atomic E-state index is -0.233. The van der Waals surface area contributed by atoms with E-state index in [-0.39, 0.29) is 11.9 Å². The number of nitrogens with one attached hydrogen (secondary N) is 1. The van der Waals surface area contributed by atoms with Gasteiger partial charge >= 0.3 is 0 Å². The first-order valence-electron chi connectivity index (χ1n) is 6.85. The van der Waals surface area contributed by atoms with E-state index in [1.165, 1.54) is 4.80 Å². The van der Waals surface area contributed by atoms with Crippen LogP contribution in [-0.2, 0) is 6.54 Å². The van der Waals surface area contributed by atoms with Crippen molar-refractivity contribution in [1.29, 1.82) is 0 Å². The van der Waals surface area contributed by atoms with E-state index in [1.54, 1.807) is 6.07 Å². The molecule has 0 unspecified atom stereocenters. The molecule has 0 aliphatic heterocycles. The zero-order chi connectivity index (χ0) is 14.7. The summed E-state index contributed by atoms with van der Waals surface area (Å²) in [7, 11) is 0. The van der Waals surface area contributed by atoms with Crippen LogP contribution < -0.4 is 5.32 Å². The van der Waals surface area contributed by atoms with Crippen LogP contribution in [0.3, 0.4) is 0 Å². The summed E-state index contributed by atoms with van der Waals surface area (Å²) in [4.78, 5) is 13.8. The van der Waals surface area contributed by atoms with Crippen molar-refractivity contribution < 1.29 is 4.79 Å². The van der Waals surface area contributed by atoms with E-state index in [9.17, 15) is 4.79 Å². The van der Waals surface area contributed by atoms with Gasteiger partial charge in [-0.3, -0.25) is 10.1 Å². The first-order chi connectivity index (χ1) is 10.3. The van der Waals surface area contributed by atoms with Crippen molar-refractivity contribution in [3.8, 4) is 0 Å². The Balaban J connectivity index is 1.86. The molecule has 1 amide bonds. The van der Waals surface area contributed by atoms with E-state index >= 15 is 0 Å². The number of benzene rings is 2. The Morgan fingerprint density at radius 3 is 2.86 bits per heavy atom. The van der Waals surface area contributed by atoms with Gasteiger partial charge in [-0.25, -0.2) is 0 Å². The van der Waals surface area contributed by atoms with E-state index in [0.717, 1.165) is 17.2 Å². The van der Waals surface area contributed by atoms with Crippen LogP contribution in [-0.4, -0.2) is 26.1 Å². The fourth-order valence-electron chi connectivity index (χ4n) is 2.18. The molecule has 0 bridgehead atoms. The van der Waals surface area contributed by atoms with Gasteiger partial charge in [0.1, 0.15) is 0 Å². The van der Waals surface area contributed by atoms with Crippen LogP contribution >= 0.6 is 0 Å². The van der Waals surface area contributed by atoms with E-state index in [4.69, 9.17) is 0 Å². The lowest BCUT2D eigenvalue weighted by Gasteiger charge is -2.05. The number of fused-ring (bicyclic) bond motifs is 1. The van der Waals surface area contributed by atoms with Gasteiger partial charge in [0.05, 0.1) is 6.54 Å². The minimum absolute atomic E-state index is 0.224. The third-order valence-corrected chi connectivity index (χ3v) is 3.14. The van der Waals surface area contributed by atoms with Gasteiger partial charge in [0.25, 0.3) is 11.9 Å². The molecule has 3 aromatic rings. The first kappa shape index (κ1) is 13.2. The molecule has 3 rings (SSSR count). The summed E-state index contributed by atoms with van der Waals surface area (Å²) in [5.74, 6) is -0.00997. The Kier molecular flexibility index (Phi) is 3.59. The van der Waals surface area contributed by atoms with Gasteiger partial charge in [-0.05, 0) is 28.5 Å². The lowest BCUT2D eigenvalue weighted by molar-refractivity contribution is 0.102. The zero-order valence-electron chi connectivity index (χ0n) is 11.7. The van der Waals surface area contributed by atoms with Crippen LogP contribution in [0, 0.1) is 0 Å². The molecule has 0 saturated heterocycles. The number of aryl methyl sites for hydroxylation is 1. The van der Waals surface area contributed by atoms with Gasteiger partial charge < -0.3 is 0 Å². The third kappa shape index (κ3) is 2.74. The monoisotopic (exact) mass is 281 g/mol. The molecule has 6 nitrogen and oxygen atoms in total. The minimum Gasteiger partial charge on any atom is -0.288 e. The van der Waals surface area contributed by atoms with Crippen LogP contribution in [0.4, 0.5) is 5.95 Å². The van der Waals surface area contributed by atoms with Crippen LogP contribution in [0.15, 0.2) is 42.5 Å². The molecule has 0 aliphatic rings. The van der Waals surface area contributed by atoms with Gasteiger partial charge in [0.15, 0.2) is 0 Å². The Labute approximate surface area is 121 Å². The third-order valence-electron chi connectivity index (χ3n) is 3.14. The maximum Gasteiger partial charge on any atom is 0.270 e. The predicted molar refractivity (Wildman–Crippen MR) is 80.0 cm³/mol. The van der Waals surface area contributed by atoms with Crippen molar-refractivity contribution in [1.82, 2.24) is 20.2 Å². The molecule has 0 aliphatic carbocycles. The fraction of sp³-hybridized carbons (Fsp3) is 0.200. The molecular weight excluding hydrogens is 266 g/mol. The van der Waals surface area contributed by atoms with Crippen LogP contribution in [0.25, 0.3) is 10.8 Å². The van der Waals surface area contributed by atoms with Crippen LogP contribution in [0.2, 0.25) is 0 Å². The van der Waals surface area contributed by atoms with Gasteiger partial charge in [0, 0.05) is 5.56 Å². The van der Waals surface area contributed by atoms with Crippen molar-refractivity contribution in [3.05, 3.63) is 48.0 Å². The summed E-state index contributed by atoms with van der Waals surface area (Å²) >= 11 is 0. The maximum absolute atomic E-state index is 12.4. The van der Waals surface area contributed by atoms with Crippen molar-refractivity contribution in [2.24, 2.45) is 0 Å². The summed E-state index contributed by atoms with van der Waals surface area (Å²) in [5, 5.41) is 16.4. The van der Waals surface area contributed by atoms with Crippen LogP contribution in [0.1, 0.15) is 23.7 Å². The summed E-state index contributed by atoms with van der Waals surface area (Å²) in [6, 6.07) is 13.4. The number of hydrogen-bond acceptors (Lipinski definition) is 4. The lowest BCUT2D eigenvalue weighted by atomic mass is 10.0. The smallest absolute Gasteiger partial charge is 0.270 e. The number of anilines is 1. The Morgan fingerprint density at radius 2 is 2.00 bits per heavy atom. The molecule has 0 spiro atoms. The second kappa shape index (κ2) is 5.70. The average Bonchev–Trinajstić information content (AvgIpc) is 2.94. The molecule has 21 heavy (non-hydrogen) atoms. The number of amides is 1. The topological polar surface area (TPSA) is 72.7 Å². The highest BCUT2D eigenvalue weighted by Gasteiger charge is 2.12. The predicted octanol–water partition coefficient (Wildman–Crippen LogP) is 2.49. The summed E-state index contributed by atoms with van der Waals surface area (Å²) < 4.78 is 0. The quantitative estimate of drug-likeness (QED) is 0.797. The molecule has 6 heteroatoms. The van der Waals surface area contributed by atoms with E-state index in [2.05, 4.69) is 20.7 Å². The second-order valence-electron chi connectivity index (χ2n) is 4.69. The number of carbonyl (C=O) groups is 1. The largest absolute Gasteiger partial charge is 0.288 e. The number of hydrogen-bond donors (Lipinski definition) is 1. The summed E-state index contributed by atoms with van der Waals surface area (Å²) in [6.45, 7) is 2.70. The summed E-state index contributed by atoms with van der Waals surface area (Å²) in [6.07, 6.45) is 0.910. The number of rotatable bonds is 4.